The highest BCUT2D eigenvalue weighted by Gasteiger charge is 2.37. The summed E-state index contributed by atoms with van der Waals surface area (Å²) in [5, 5.41) is 9.19. The number of rotatable bonds is 3. The lowest BCUT2D eigenvalue weighted by atomic mass is 10.0. The Labute approximate surface area is 105 Å². The summed E-state index contributed by atoms with van der Waals surface area (Å²) in [5.41, 5.74) is 7.08. The summed E-state index contributed by atoms with van der Waals surface area (Å²) in [4.78, 5) is 24.8. The molecule has 0 aromatic heterocycles. The normalized spacial score (nSPS) is 19.4. The monoisotopic (exact) mass is 248 g/mol. The molecule has 2 atom stereocenters. The van der Waals surface area contributed by atoms with Crippen molar-refractivity contribution in [3.63, 3.8) is 0 Å². The molecule has 0 saturated heterocycles. The van der Waals surface area contributed by atoms with Gasteiger partial charge < -0.3 is 15.7 Å². The van der Waals surface area contributed by atoms with Gasteiger partial charge in [0.2, 0.25) is 5.91 Å². The smallest absolute Gasteiger partial charge is 0.312 e. The number of aliphatic carboxylic acids is 1. The van der Waals surface area contributed by atoms with E-state index >= 15 is 0 Å². The van der Waals surface area contributed by atoms with Crippen LogP contribution in [0.25, 0.3) is 0 Å². The zero-order chi connectivity index (χ0) is 13.3. The molecule has 2 rings (SSSR count). The Morgan fingerprint density at radius 1 is 1.50 bits per heavy atom. The Hall–Kier alpha value is -1.88. The van der Waals surface area contributed by atoms with Crippen LogP contribution in [-0.4, -0.2) is 29.6 Å². The number of carbonyl (C=O) groups is 2. The summed E-state index contributed by atoms with van der Waals surface area (Å²) in [6, 6.07) is 6.51. The first kappa shape index (κ1) is 12.6. The minimum atomic E-state index is -0.914. The standard InChI is InChI=1S/C13H16N2O3/c1-2-10(14)12(16)15-7-9(13(17)18)8-5-3-4-6-11(8)15/h3-6,9-10H,2,7,14H2,1H3,(H,17,18)/t9?,10-/m0/s1. The second-order valence-electron chi connectivity index (χ2n) is 4.41. The summed E-state index contributed by atoms with van der Waals surface area (Å²) >= 11 is 0. The maximum atomic E-state index is 12.1. The number of nitrogens with zero attached hydrogens (tertiary/aromatic N) is 1. The summed E-state index contributed by atoms with van der Waals surface area (Å²) in [6.07, 6.45) is 0.537. The van der Waals surface area contributed by atoms with Crippen LogP contribution in [-0.2, 0) is 9.59 Å². The predicted octanol–water partition coefficient (Wildman–Crippen LogP) is 0.939. The largest absolute Gasteiger partial charge is 0.481 e. The molecule has 0 radical (unpaired) electrons. The quantitative estimate of drug-likeness (QED) is 0.833. The van der Waals surface area contributed by atoms with Crippen molar-refractivity contribution < 1.29 is 14.7 Å². The number of amides is 1. The van der Waals surface area contributed by atoms with Gasteiger partial charge in [-0.3, -0.25) is 9.59 Å². The van der Waals surface area contributed by atoms with Crippen molar-refractivity contribution in [3.8, 4) is 0 Å². The van der Waals surface area contributed by atoms with E-state index in [2.05, 4.69) is 0 Å². The highest BCUT2D eigenvalue weighted by molar-refractivity contribution is 6.01. The average Bonchev–Trinajstić information content (AvgIpc) is 2.76. The molecule has 5 nitrogen and oxygen atoms in total. The molecule has 0 fully saturated rings. The molecule has 0 bridgehead atoms. The molecular weight excluding hydrogens is 232 g/mol. The fourth-order valence-electron chi connectivity index (χ4n) is 2.20. The number of nitrogens with two attached hydrogens (primary N) is 1. The Balaban J connectivity index is 2.37. The first-order valence-electron chi connectivity index (χ1n) is 5.95. The van der Waals surface area contributed by atoms with Crippen molar-refractivity contribution in [3.05, 3.63) is 29.8 Å². The van der Waals surface area contributed by atoms with Crippen LogP contribution in [0.2, 0.25) is 0 Å². The van der Waals surface area contributed by atoms with E-state index in [-0.39, 0.29) is 12.5 Å². The van der Waals surface area contributed by atoms with Gasteiger partial charge in [0, 0.05) is 12.2 Å². The second-order valence-corrected chi connectivity index (χ2v) is 4.41. The summed E-state index contributed by atoms with van der Waals surface area (Å²) < 4.78 is 0. The third-order valence-corrected chi connectivity index (χ3v) is 3.29. The predicted molar refractivity (Wildman–Crippen MR) is 67.4 cm³/mol. The van der Waals surface area contributed by atoms with Gasteiger partial charge >= 0.3 is 5.97 Å². The third kappa shape index (κ3) is 1.97. The number of hydrogen-bond acceptors (Lipinski definition) is 3. The summed E-state index contributed by atoms with van der Waals surface area (Å²) in [5.74, 6) is -1.79. The van der Waals surface area contributed by atoms with E-state index in [9.17, 15) is 14.7 Å². The Morgan fingerprint density at radius 2 is 2.17 bits per heavy atom. The van der Waals surface area contributed by atoms with Crippen LogP contribution in [0.15, 0.2) is 24.3 Å². The van der Waals surface area contributed by atoms with Crippen molar-refractivity contribution >= 4 is 17.6 Å². The van der Waals surface area contributed by atoms with Gasteiger partial charge in [-0.05, 0) is 18.1 Å². The molecule has 3 N–H and O–H groups in total. The van der Waals surface area contributed by atoms with Gasteiger partial charge in [-0.15, -0.1) is 0 Å². The van der Waals surface area contributed by atoms with Crippen molar-refractivity contribution in [1.82, 2.24) is 0 Å². The second kappa shape index (κ2) is 4.78. The van der Waals surface area contributed by atoms with Crippen molar-refractivity contribution in [2.45, 2.75) is 25.3 Å². The van der Waals surface area contributed by atoms with Crippen LogP contribution in [0.4, 0.5) is 5.69 Å². The van der Waals surface area contributed by atoms with Crippen LogP contribution < -0.4 is 10.6 Å². The SMILES string of the molecule is CC[C@H](N)C(=O)N1CC(C(=O)O)c2ccccc21. The first-order valence-corrected chi connectivity index (χ1v) is 5.95. The van der Waals surface area contributed by atoms with Gasteiger partial charge in [-0.2, -0.15) is 0 Å². The van der Waals surface area contributed by atoms with Gasteiger partial charge in [0.15, 0.2) is 0 Å². The molecule has 1 amide bonds. The van der Waals surface area contributed by atoms with E-state index in [1.54, 1.807) is 24.3 Å². The van der Waals surface area contributed by atoms with Crippen molar-refractivity contribution in [2.24, 2.45) is 5.73 Å². The van der Waals surface area contributed by atoms with E-state index in [0.29, 0.717) is 17.7 Å². The molecule has 0 spiro atoms. The Bertz CT molecular complexity index is 487. The lowest BCUT2D eigenvalue weighted by Gasteiger charge is -2.20. The van der Waals surface area contributed by atoms with Crippen LogP contribution in [0.1, 0.15) is 24.8 Å². The maximum absolute atomic E-state index is 12.1. The van der Waals surface area contributed by atoms with Crippen molar-refractivity contribution in [1.29, 1.82) is 0 Å². The van der Waals surface area contributed by atoms with Gasteiger partial charge in [-0.1, -0.05) is 25.1 Å². The zero-order valence-electron chi connectivity index (χ0n) is 10.2. The topological polar surface area (TPSA) is 83.6 Å². The summed E-state index contributed by atoms with van der Waals surface area (Å²) in [6.45, 7) is 2.00. The molecule has 1 aliphatic heterocycles. The van der Waals surface area contributed by atoms with E-state index in [1.807, 2.05) is 6.92 Å². The van der Waals surface area contributed by atoms with Crippen molar-refractivity contribution in [2.75, 3.05) is 11.4 Å². The van der Waals surface area contributed by atoms with E-state index in [4.69, 9.17) is 5.73 Å². The molecule has 5 heteroatoms. The van der Waals surface area contributed by atoms with Crippen LogP contribution in [0.3, 0.4) is 0 Å². The Morgan fingerprint density at radius 3 is 2.78 bits per heavy atom. The lowest BCUT2D eigenvalue weighted by Crippen LogP contribution is -2.43. The molecule has 0 aliphatic carbocycles. The number of anilines is 1. The third-order valence-electron chi connectivity index (χ3n) is 3.29. The lowest BCUT2D eigenvalue weighted by molar-refractivity contribution is -0.138. The number of benzene rings is 1. The van der Waals surface area contributed by atoms with Gasteiger partial charge in [0.05, 0.1) is 6.04 Å². The van der Waals surface area contributed by atoms with Gasteiger partial charge in [-0.25, -0.2) is 0 Å². The van der Waals surface area contributed by atoms with Crippen LogP contribution in [0, 0.1) is 0 Å². The molecule has 18 heavy (non-hydrogen) atoms. The number of fused-ring (bicyclic) bond motifs is 1. The van der Waals surface area contributed by atoms with Gasteiger partial charge in [0.25, 0.3) is 0 Å². The number of para-hydroxylation sites is 1. The molecular formula is C13H16N2O3. The molecule has 0 saturated carbocycles. The Kier molecular flexibility index (Phi) is 3.34. The molecule has 1 unspecified atom stereocenters. The zero-order valence-corrected chi connectivity index (χ0v) is 10.2. The molecule has 96 valence electrons. The first-order chi connectivity index (χ1) is 8.56. The molecule has 1 aromatic rings. The minimum Gasteiger partial charge on any atom is -0.481 e. The number of carboxylic acids is 1. The van der Waals surface area contributed by atoms with E-state index in [0.717, 1.165) is 0 Å². The summed E-state index contributed by atoms with van der Waals surface area (Å²) in [7, 11) is 0. The highest BCUT2D eigenvalue weighted by atomic mass is 16.4. The fraction of sp³-hybridized carbons (Fsp3) is 0.385. The minimum absolute atomic E-state index is 0.168. The van der Waals surface area contributed by atoms with Gasteiger partial charge in [0.1, 0.15) is 5.92 Å². The number of hydrogen-bond donors (Lipinski definition) is 2. The van der Waals surface area contributed by atoms with Crippen LogP contribution >= 0.6 is 0 Å². The molecule has 1 aromatic carbocycles. The average molecular weight is 248 g/mol. The number of carboxylic acid groups (broad SMARTS) is 1. The molecule has 1 heterocycles. The maximum Gasteiger partial charge on any atom is 0.312 e. The highest BCUT2D eigenvalue weighted by Crippen LogP contribution is 2.36. The fourth-order valence-corrected chi connectivity index (χ4v) is 2.20. The van der Waals surface area contributed by atoms with E-state index < -0.39 is 17.9 Å². The number of carbonyl (C=O) groups excluding carboxylic acids is 1. The van der Waals surface area contributed by atoms with Crippen LogP contribution in [0.5, 0.6) is 0 Å². The van der Waals surface area contributed by atoms with E-state index in [1.165, 1.54) is 4.90 Å². The molecule has 1 aliphatic rings.